The number of hydrogen-bond acceptors (Lipinski definition) is 0. The topological polar surface area (TPSA) is 0 Å². The third-order valence-corrected chi connectivity index (χ3v) is 8.93. The van der Waals surface area contributed by atoms with Crippen molar-refractivity contribution in [1.29, 1.82) is 0 Å². The minimum Gasteiger partial charge on any atom is -0.150 e. The second-order valence-corrected chi connectivity index (χ2v) is 10.4. The van der Waals surface area contributed by atoms with E-state index in [0.717, 1.165) is 0 Å². The first kappa shape index (κ1) is 17.0. The smallest absolute Gasteiger partial charge is 0.0270 e. The van der Waals surface area contributed by atoms with Crippen molar-refractivity contribution < 1.29 is 0 Å². The van der Waals surface area contributed by atoms with Gasteiger partial charge in [-0.15, -0.1) is 33.9 Å². The molecule has 0 heteroatoms. The van der Waals surface area contributed by atoms with E-state index in [2.05, 4.69) is 6.07 Å². The van der Waals surface area contributed by atoms with Crippen molar-refractivity contribution in [3.8, 4) is 11.1 Å². The average molecular weight is 382 g/mol. The van der Waals surface area contributed by atoms with Crippen LogP contribution in [0.3, 0.4) is 0 Å². The normalized spacial score (nSPS) is 21.0. The fourth-order valence-electron chi connectivity index (χ4n) is 7.76. The van der Waals surface area contributed by atoms with Crippen molar-refractivity contribution >= 4 is 10.8 Å². The van der Waals surface area contributed by atoms with Crippen molar-refractivity contribution in [3.63, 3.8) is 0 Å². The van der Waals surface area contributed by atoms with Crippen LogP contribution >= 0.6 is 0 Å². The Balaban J connectivity index is 1.67. The molecule has 0 radical (unpaired) electrons. The lowest BCUT2D eigenvalue weighted by Crippen LogP contribution is -2.16. The molecule has 29 heavy (non-hydrogen) atoms. The molecular formula is C29H33-. The summed E-state index contributed by atoms with van der Waals surface area (Å²) in [6, 6.07) is 2.71. The maximum atomic E-state index is 2.71. The molecule has 0 bridgehead atoms. The molecule has 7 rings (SSSR count). The van der Waals surface area contributed by atoms with E-state index in [1.165, 1.54) is 103 Å². The van der Waals surface area contributed by atoms with E-state index < -0.39 is 0 Å². The molecule has 6 aliphatic carbocycles. The van der Waals surface area contributed by atoms with Crippen LogP contribution in [0.2, 0.25) is 0 Å². The van der Waals surface area contributed by atoms with Gasteiger partial charge in [0.25, 0.3) is 0 Å². The Morgan fingerprint density at radius 1 is 0.517 bits per heavy atom. The van der Waals surface area contributed by atoms with E-state index in [0.29, 0.717) is 0 Å². The lowest BCUT2D eigenvalue weighted by Gasteiger charge is -2.38. The van der Waals surface area contributed by atoms with Crippen LogP contribution in [-0.4, -0.2) is 0 Å². The Morgan fingerprint density at radius 3 is 1.93 bits per heavy atom. The van der Waals surface area contributed by atoms with Crippen LogP contribution in [0.5, 0.6) is 0 Å². The summed E-state index contributed by atoms with van der Waals surface area (Å²) in [5.41, 5.74) is 17.8. The summed E-state index contributed by atoms with van der Waals surface area (Å²) in [4.78, 5) is 0. The number of aryl methyl sites for hydroxylation is 2. The Morgan fingerprint density at radius 2 is 1.10 bits per heavy atom. The summed E-state index contributed by atoms with van der Waals surface area (Å²) >= 11 is 0. The third-order valence-electron chi connectivity index (χ3n) is 8.93. The van der Waals surface area contributed by atoms with Gasteiger partial charge in [0.2, 0.25) is 0 Å². The van der Waals surface area contributed by atoms with Crippen molar-refractivity contribution in [2.75, 3.05) is 0 Å². The van der Waals surface area contributed by atoms with Crippen molar-refractivity contribution in [2.45, 2.75) is 103 Å². The first-order valence-electron chi connectivity index (χ1n) is 12.7. The highest BCUT2D eigenvalue weighted by molar-refractivity contribution is 6.09. The van der Waals surface area contributed by atoms with Crippen LogP contribution in [0.15, 0.2) is 6.07 Å². The minimum atomic E-state index is 1.33. The molecule has 1 aromatic rings. The molecular weight excluding hydrogens is 348 g/mol. The van der Waals surface area contributed by atoms with Crippen LogP contribution in [0.25, 0.3) is 21.9 Å². The van der Waals surface area contributed by atoms with E-state index in [4.69, 9.17) is 0 Å². The summed E-state index contributed by atoms with van der Waals surface area (Å²) in [7, 11) is 0. The summed E-state index contributed by atoms with van der Waals surface area (Å²) in [5, 5.41) is 3.45. The molecule has 0 fully saturated rings. The molecule has 150 valence electrons. The Hall–Kier alpha value is -1.69. The average Bonchev–Trinajstić information content (AvgIpc) is 3.21. The van der Waals surface area contributed by atoms with E-state index in [9.17, 15) is 0 Å². The van der Waals surface area contributed by atoms with Gasteiger partial charge < -0.3 is 0 Å². The lowest BCUT2D eigenvalue weighted by atomic mass is 9.73. The second kappa shape index (κ2) is 6.40. The minimum absolute atomic E-state index is 1.33. The van der Waals surface area contributed by atoms with E-state index >= 15 is 0 Å². The maximum Gasteiger partial charge on any atom is -0.0270 e. The van der Waals surface area contributed by atoms with Gasteiger partial charge in [-0.1, -0.05) is 38.5 Å². The predicted octanol–water partition coefficient (Wildman–Crippen LogP) is 7.18. The van der Waals surface area contributed by atoms with Crippen LogP contribution in [0, 0.1) is 0 Å². The van der Waals surface area contributed by atoms with Crippen molar-refractivity contribution in [1.82, 2.24) is 0 Å². The molecule has 0 spiro atoms. The van der Waals surface area contributed by atoms with Crippen LogP contribution in [0.4, 0.5) is 0 Å². The number of fused-ring (bicyclic) bond motifs is 13. The summed E-state index contributed by atoms with van der Waals surface area (Å²) in [5.74, 6) is 0. The van der Waals surface area contributed by atoms with Crippen LogP contribution in [-0.2, 0) is 51.4 Å². The van der Waals surface area contributed by atoms with Gasteiger partial charge in [0.1, 0.15) is 0 Å². The zero-order valence-electron chi connectivity index (χ0n) is 17.9. The predicted molar refractivity (Wildman–Crippen MR) is 123 cm³/mol. The third kappa shape index (κ3) is 2.30. The fraction of sp³-hybridized carbons (Fsp3) is 0.552. The Kier molecular flexibility index (Phi) is 3.76. The number of hydrogen-bond donors (Lipinski definition) is 0. The molecule has 0 aromatic heterocycles. The molecule has 0 heterocycles. The molecule has 6 aliphatic rings. The molecule has 0 unspecified atom stereocenters. The first-order chi connectivity index (χ1) is 14.4. The number of rotatable bonds is 0. The van der Waals surface area contributed by atoms with E-state index in [1.807, 2.05) is 11.1 Å². The summed E-state index contributed by atoms with van der Waals surface area (Å²) < 4.78 is 0. The fourth-order valence-corrected chi connectivity index (χ4v) is 7.76. The second-order valence-electron chi connectivity index (χ2n) is 10.4. The Labute approximate surface area is 175 Å². The molecule has 0 saturated heterocycles. The quantitative estimate of drug-likeness (QED) is 0.362. The molecule has 0 N–H and O–H groups in total. The van der Waals surface area contributed by atoms with Gasteiger partial charge in [-0.25, -0.2) is 0 Å². The lowest BCUT2D eigenvalue weighted by molar-refractivity contribution is 0.641. The summed E-state index contributed by atoms with van der Waals surface area (Å²) in [6.07, 6.45) is 22.0. The molecule has 1 aromatic carbocycles. The monoisotopic (exact) mass is 381 g/mol. The highest BCUT2D eigenvalue weighted by Gasteiger charge is 2.28. The molecule has 0 saturated carbocycles. The van der Waals surface area contributed by atoms with E-state index in [-0.39, 0.29) is 0 Å². The maximum absolute atomic E-state index is 2.71. The number of benzene rings is 2. The Bertz CT molecular complexity index is 1100. The zero-order chi connectivity index (χ0) is 18.9. The molecule has 0 atom stereocenters. The SMILES string of the molecule is c1c2c3[c-](c4c(c-2c2c5c(c6c(c12)CCCC6)CCCC5)CCCC4)CCCC3. The molecule has 0 nitrogen and oxygen atoms in total. The zero-order valence-corrected chi connectivity index (χ0v) is 17.9. The van der Waals surface area contributed by atoms with Gasteiger partial charge in [0, 0.05) is 0 Å². The van der Waals surface area contributed by atoms with Crippen molar-refractivity contribution in [3.05, 3.63) is 50.6 Å². The van der Waals surface area contributed by atoms with Crippen LogP contribution < -0.4 is 0 Å². The molecule has 0 amide bonds. The first-order valence-corrected chi connectivity index (χ1v) is 12.7. The van der Waals surface area contributed by atoms with Gasteiger partial charge in [-0.3, -0.25) is 0 Å². The molecule has 0 aliphatic heterocycles. The summed E-state index contributed by atoms with van der Waals surface area (Å²) in [6.45, 7) is 0. The van der Waals surface area contributed by atoms with Crippen LogP contribution in [0.1, 0.15) is 95.9 Å². The highest BCUT2D eigenvalue weighted by atomic mass is 14.4. The van der Waals surface area contributed by atoms with Gasteiger partial charge in [0.05, 0.1) is 0 Å². The van der Waals surface area contributed by atoms with Gasteiger partial charge in [0.15, 0.2) is 0 Å². The van der Waals surface area contributed by atoms with Gasteiger partial charge in [-0.2, -0.15) is 5.56 Å². The standard InChI is InChI=1S/C29H33/c1-3-13-22-18(9-1)20-11-5-7-15-24(20)28-26(22)17-27-23-14-4-2-10-19(23)21-12-6-8-16-25(21)29(27)28/h17H,1-16H2/q-1. The van der Waals surface area contributed by atoms with Crippen molar-refractivity contribution in [2.24, 2.45) is 0 Å². The highest BCUT2D eigenvalue weighted by Crippen LogP contribution is 2.51. The van der Waals surface area contributed by atoms with Gasteiger partial charge in [-0.05, 0) is 97.2 Å². The van der Waals surface area contributed by atoms with E-state index in [1.54, 1.807) is 55.3 Å². The largest absolute Gasteiger partial charge is 0.150 e. The van der Waals surface area contributed by atoms with Gasteiger partial charge >= 0.3 is 0 Å².